The molecule has 2 bridgehead atoms. The van der Waals surface area contributed by atoms with Crippen LogP contribution < -0.4 is 10.3 Å². The van der Waals surface area contributed by atoms with E-state index in [4.69, 9.17) is 11.6 Å². The first-order valence-electron chi connectivity index (χ1n) is 13.0. The summed E-state index contributed by atoms with van der Waals surface area (Å²) in [6.45, 7) is 1.87. The molecule has 1 aliphatic heterocycles. The predicted octanol–water partition coefficient (Wildman–Crippen LogP) is 5.01. The molecule has 1 aromatic heterocycles. The molecule has 8 rings (SSSR count). The molecule has 3 aromatic carbocycles. The normalized spacial score (nSPS) is 24.1. The number of anilines is 1. The van der Waals surface area contributed by atoms with Crippen molar-refractivity contribution in [1.29, 1.82) is 0 Å². The molecule has 4 aromatic rings. The Morgan fingerprint density at radius 1 is 0.950 bits per heavy atom. The van der Waals surface area contributed by atoms with Gasteiger partial charge in [0.15, 0.2) is 0 Å². The van der Waals surface area contributed by atoms with Crippen molar-refractivity contribution in [3.8, 4) is 0 Å². The lowest BCUT2D eigenvalue weighted by atomic mass is 9.47. The summed E-state index contributed by atoms with van der Waals surface area (Å²) in [5.41, 5.74) is 7.05. The first-order valence-corrected chi connectivity index (χ1v) is 13.4. The average molecular weight is 547 g/mol. The maximum Gasteiger partial charge on any atom is 0.271 e. The third-order valence-electron chi connectivity index (χ3n) is 8.47. The van der Waals surface area contributed by atoms with Crippen molar-refractivity contribution in [2.45, 2.75) is 18.3 Å². The topological polar surface area (TPSA) is 91.7 Å². The zero-order chi connectivity index (χ0) is 27.6. The van der Waals surface area contributed by atoms with Crippen molar-refractivity contribution >= 4 is 41.2 Å². The summed E-state index contributed by atoms with van der Waals surface area (Å²) >= 11 is 6.42. The molecule has 40 heavy (non-hydrogen) atoms. The van der Waals surface area contributed by atoms with Gasteiger partial charge in [0, 0.05) is 35.1 Å². The van der Waals surface area contributed by atoms with Crippen LogP contribution in [0.25, 0.3) is 0 Å². The number of amides is 3. The third kappa shape index (κ3) is 3.27. The fourth-order valence-electron chi connectivity index (χ4n) is 6.79. The number of nitrogens with one attached hydrogen (secondary N) is 1. The maximum atomic E-state index is 14.4. The lowest BCUT2D eigenvalue weighted by molar-refractivity contribution is -0.122. The van der Waals surface area contributed by atoms with Gasteiger partial charge in [-0.3, -0.25) is 19.4 Å². The van der Waals surface area contributed by atoms with Gasteiger partial charge >= 0.3 is 0 Å². The monoisotopic (exact) mass is 546 g/mol. The fourth-order valence-corrected chi connectivity index (χ4v) is 6.96. The Labute approximate surface area is 235 Å². The van der Waals surface area contributed by atoms with Gasteiger partial charge in [0.25, 0.3) is 5.91 Å². The van der Waals surface area contributed by atoms with Crippen LogP contribution in [0.2, 0.25) is 5.02 Å². The van der Waals surface area contributed by atoms with Crippen LogP contribution >= 0.6 is 11.6 Å². The summed E-state index contributed by atoms with van der Waals surface area (Å²) in [7, 11) is 0. The molecule has 2 heterocycles. The maximum absolute atomic E-state index is 14.4. The lowest BCUT2D eigenvalue weighted by Crippen LogP contribution is -2.54. The SMILES string of the molecule is Cc1ccc(N2C(=O)[C@@H]3C4c5ccccc5C(/C=N\NC(=O)c5ccncc5)(c5ccccc54)[C@@H]3C2=O)cc1Cl. The van der Waals surface area contributed by atoms with Crippen LogP contribution in [0.4, 0.5) is 5.69 Å². The molecule has 4 aliphatic rings. The highest BCUT2D eigenvalue weighted by Gasteiger charge is 2.68. The molecule has 196 valence electrons. The first-order chi connectivity index (χ1) is 19.4. The zero-order valence-electron chi connectivity index (χ0n) is 21.4. The number of aromatic nitrogens is 1. The van der Waals surface area contributed by atoms with Crippen molar-refractivity contribution in [3.63, 3.8) is 0 Å². The Hall–Kier alpha value is -4.62. The Bertz CT molecular complexity index is 1700. The molecule has 1 saturated heterocycles. The third-order valence-corrected chi connectivity index (χ3v) is 8.88. The summed E-state index contributed by atoms with van der Waals surface area (Å²) in [5.74, 6) is -2.65. The number of hydrazone groups is 1. The second kappa shape index (κ2) is 8.96. The van der Waals surface area contributed by atoms with Crippen LogP contribution in [0.5, 0.6) is 0 Å². The van der Waals surface area contributed by atoms with E-state index < -0.39 is 23.2 Å². The van der Waals surface area contributed by atoms with E-state index in [1.165, 1.54) is 17.3 Å². The molecule has 0 unspecified atom stereocenters. The van der Waals surface area contributed by atoms with E-state index in [9.17, 15) is 14.4 Å². The molecular weight excluding hydrogens is 524 g/mol. The van der Waals surface area contributed by atoms with E-state index in [1.54, 1.807) is 30.5 Å². The number of benzene rings is 3. The largest absolute Gasteiger partial charge is 0.274 e. The van der Waals surface area contributed by atoms with Crippen LogP contribution in [-0.2, 0) is 15.0 Å². The van der Waals surface area contributed by atoms with Crippen LogP contribution in [0.3, 0.4) is 0 Å². The van der Waals surface area contributed by atoms with Crippen molar-refractivity contribution < 1.29 is 14.4 Å². The molecule has 0 spiro atoms. The van der Waals surface area contributed by atoms with Crippen LogP contribution in [0.15, 0.2) is 96.4 Å². The molecule has 0 saturated carbocycles. The van der Waals surface area contributed by atoms with E-state index in [-0.39, 0.29) is 17.7 Å². The van der Waals surface area contributed by atoms with E-state index in [1.807, 2.05) is 61.5 Å². The van der Waals surface area contributed by atoms with E-state index in [0.29, 0.717) is 16.3 Å². The van der Waals surface area contributed by atoms with Gasteiger partial charge < -0.3 is 0 Å². The summed E-state index contributed by atoms with van der Waals surface area (Å²) in [4.78, 5) is 46.7. The minimum atomic E-state index is -1.08. The van der Waals surface area contributed by atoms with Gasteiger partial charge in [-0.2, -0.15) is 5.10 Å². The Morgan fingerprint density at radius 2 is 1.60 bits per heavy atom. The molecule has 3 aliphatic carbocycles. The summed E-state index contributed by atoms with van der Waals surface area (Å²) in [6, 6.07) is 24.2. The summed E-state index contributed by atoms with van der Waals surface area (Å²) in [6.07, 6.45) is 4.71. The molecule has 3 amide bonds. The fraction of sp³-hybridized carbons (Fsp3) is 0.156. The number of carbonyl (C=O) groups excluding carboxylic acids is 3. The van der Waals surface area contributed by atoms with E-state index in [2.05, 4.69) is 15.5 Å². The van der Waals surface area contributed by atoms with Crippen LogP contribution in [0.1, 0.15) is 44.1 Å². The van der Waals surface area contributed by atoms with E-state index >= 15 is 0 Å². The standard InChI is InChI=1S/C32H23ClN4O3/c1-18-10-11-20(16-25(18)33)37-30(39)27-26-21-6-2-4-8-23(21)32(28(27)31(37)40,24-9-5-3-7-22(24)26)17-35-36-29(38)19-12-14-34-15-13-19/h2-17,26-28H,1H3,(H,36,38)/b35-17-/t26?,27-,28+,32?/m1/s1. The number of hydrogen-bond donors (Lipinski definition) is 1. The number of carbonyl (C=O) groups is 3. The molecule has 7 nitrogen and oxygen atoms in total. The van der Waals surface area contributed by atoms with Crippen LogP contribution in [0, 0.1) is 18.8 Å². The summed E-state index contributed by atoms with van der Waals surface area (Å²) < 4.78 is 0. The number of halogens is 1. The van der Waals surface area contributed by atoms with Crippen molar-refractivity contribution in [2.24, 2.45) is 16.9 Å². The van der Waals surface area contributed by atoms with Gasteiger partial charge in [-0.05, 0) is 59.0 Å². The first kappa shape index (κ1) is 24.4. The highest BCUT2D eigenvalue weighted by atomic mass is 35.5. The van der Waals surface area contributed by atoms with Gasteiger partial charge in [-0.25, -0.2) is 10.3 Å². The van der Waals surface area contributed by atoms with Crippen molar-refractivity contribution in [2.75, 3.05) is 4.90 Å². The molecule has 1 fully saturated rings. The minimum absolute atomic E-state index is 0.262. The second-order valence-corrected chi connectivity index (χ2v) is 10.8. The predicted molar refractivity (Wildman–Crippen MR) is 151 cm³/mol. The number of imide groups is 1. The molecule has 0 radical (unpaired) electrons. The Balaban J connectivity index is 1.41. The molecule has 8 heteroatoms. The van der Waals surface area contributed by atoms with Crippen molar-refractivity contribution in [1.82, 2.24) is 10.4 Å². The van der Waals surface area contributed by atoms with Crippen LogP contribution in [-0.4, -0.2) is 28.9 Å². The lowest BCUT2D eigenvalue weighted by Gasteiger charge is -2.52. The number of rotatable bonds is 4. The number of hydrogen-bond acceptors (Lipinski definition) is 5. The second-order valence-electron chi connectivity index (χ2n) is 10.4. The Morgan fingerprint density at radius 3 is 2.25 bits per heavy atom. The molecule has 2 atom stereocenters. The van der Waals surface area contributed by atoms with Gasteiger partial charge in [0.05, 0.1) is 22.9 Å². The quantitative estimate of drug-likeness (QED) is 0.221. The molecular formula is C32H23ClN4O3. The average Bonchev–Trinajstić information content (AvgIpc) is 3.25. The highest BCUT2D eigenvalue weighted by Crippen LogP contribution is 2.63. The van der Waals surface area contributed by atoms with Crippen molar-refractivity contribution in [3.05, 3.63) is 130 Å². The molecule has 1 N–H and O–H groups in total. The highest BCUT2D eigenvalue weighted by molar-refractivity contribution is 6.32. The van der Waals surface area contributed by atoms with Gasteiger partial charge in [0.2, 0.25) is 11.8 Å². The Kier molecular flexibility index (Phi) is 5.47. The van der Waals surface area contributed by atoms with Gasteiger partial charge in [-0.1, -0.05) is 66.2 Å². The smallest absolute Gasteiger partial charge is 0.271 e. The summed E-state index contributed by atoms with van der Waals surface area (Å²) in [5, 5.41) is 4.92. The van der Waals surface area contributed by atoms with E-state index in [0.717, 1.165) is 27.8 Å². The zero-order valence-corrected chi connectivity index (χ0v) is 22.2. The van der Waals surface area contributed by atoms with Gasteiger partial charge in [-0.15, -0.1) is 0 Å². The minimum Gasteiger partial charge on any atom is -0.274 e. The number of nitrogens with zero attached hydrogens (tertiary/aromatic N) is 3. The van der Waals surface area contributed by atoms with Gasteiger partial charge in [0.1, 0.15) is 0 Å². The number of aryl methyl sites for hydroxylation is 1. The number of pyridine rings is 1.